The van der Waals surface area contributed by atoms with Gasteiger partial charge in [-0.05, 0) is 86.0 Å². The first-order valence-corrected chi connectivity index (χ1v) is 11.4. The average Bonchev–Trinajstić information content (AvgIpc) is 3.21. The highest BCUT2D eigenvalue weighted by atomic mass is 16.1. The van der Waals surface area contributed by atoms with Gasteiger partial charge in [-0.15, -0.1) is 0 Å². The van der Waals surface area contributed by atoms with Crippen LogP contribution in [0, 0.1) is 34.5 Å². The highest BCUT2D eigenvalue weighted by Gasteiger charge is 2.50. The van der Waals surface area contributed by atoms with E-state index in [0.29, 0.717) is 16.7 Å². The van der Waals surface area contributed by atoms with Gasteiger partial charge in [-0.25, -0.2) is 4.98 Å². The molecule has 4 aliphatic rings. The van der Waals surface area contributed by atoms with E-state index in [1.165, 1.54) is 38.5 Å². The van der Waals surface area contributed by atoms with Crippen molar-refractivity contribution in [3.05, 3.63) is 59.9 Å². The van der Waals surface area contributed by atoms with E-state index >= 15 is 0 Å². The van der Waals surface area contributed by atoms with E-state index in [1.807, 2.05) is 40.9 Å². The Morgan fingerprint density at radius 3 is 2.39 bits per heavy atom. The largest absolute Gasteiger partial charge is 0.350 e. The third-order valence-electron chi connectivity index (χ3n) is 7.82. The molecule has 156 valence electrons. The zero-order valence-electron chi connectivity index (χ0n) is 17.6. The molecule has 4 bridgehead atoms. The fraction of sp³-hybridized carbons (Fsp3) is 0.423. The Balaban J connectivity index is 1.24. The molecule has 2 heterocycles. The summed E-state index contributed by atoms with van der Waals surface area (Å²) in [6.07, 6.45) is 10.0. The predicted molar refractivity (Wildman–Crippen MR) is 118 cm³/mol. The van der Waals surface area contributed by atoms with Crippen molar-refractivity contribution in [3.8, 4) is 17.3 Å². The van der Waals surface area contributed by atoms with Gasteiger partial charge in [-0.2, -0.15) is 5.26 Å². The number of nitrogens with zero attached hydrogens (tertiary/aromatic N) is 3. The number of rotatable bonds is 4. The first kappa shape index (κ1) is 18.6. The van der Waals surface area contributed by atoms with Crippen LogP contribution in [0.4, 0.5) is 0 Å². The Morgan fingerprint density at radius 2 is 1.74 bits per heavy atom. The zero-order valence-corrected chi connectivity index (χ0v) is 17.6. The minimum Gasteiger partial charge on any atom is -0.350 e. The molecular formula is C26H26N4O. The zero-order chi connectivity index (χ0) is 21.0. The van der Waals surface area contributed by atoms with Crippen molar-refractivity contribution < 1.29 is 4.79 Å². The maximum atomic E-state index is 13.2. The maximum Gasteiger partial charge on any atom is 0.268 e. The lowest BCUT2D eigenvalue weighted by Gasteiger charge is -2.56. The molecule has 1 aromatic carbocycles. The molecule has 0 atom stereocenters. The number of hydrogen-bond acceptors (Lipinski definition) is 3. The van der Waals surface area contributed by atoms with Crippen LogP contribution in [-0.4, -0.2) is 21.8 Å². The van der Waals surface area contributed by atoms with Crippen molar-refractivity contribution in [2.24, 2.45) is 23.2 Å². The lowest BCUT2D eigenvalue weighted by atomic mass is 9.49. The maximum absolute atomic E-state index is 13.2. The molecule has 0 radical (unpaired) electrons. The molecule has 0 aliphatic heterocycles. The lowest BCUT2D eigenvalue weighted by Crippen LogP contribution is -2.51. The van der Waals surface area contributed by atoms with Gasteiger partial charge in [0.25, 0.3) is 5.91 Å². The number of fused-ring (bicyclic) bond motifs is 1. The van der Waals surface area contributed by atoms with E-state index in [0.717, 1.165) is 41.2 Å². The van der Waals surface area contributed by atoms with E-state index in [9.17, 15) is 4.79 Å². The summed E-state index contributed by atoms with van der Waals surface area (Å²) >= 11 is 0. The molecule has 1 amide bonds. The van der Waals surface area contributed by atoms with Gasteiger partial charge in [-0.1, -0.05) is 18.2 Å². The van der Waals surface area contributed by atoms with Crippen LogP contribution in [0.5, 0.6) is 0 Å². The third kappa shape index (κ3) is 3.22. The van der Waals surface area contributed by atoms with Gasteiger partial charge in [0.2, 0.25) is 0 Å². The Kier molecular flexibility index (Phi) is 4.17. The Labute approximate surface area is 182 Å². The first-order chi connectivity index (χ1) is 15.1. The van der Waals surface area contributed by atoms with Crippen molar-refractivity contribution in [2.75, 3.05) is 6.54 Å². The second-order valence-corrected chi connectivity index (χ2v) is 10.1. The highest BCUT2D eigenvalue weighted by Crippen LogP contribution is 2.59. The summed E-state index contributed by atoms with van der Waals surface area (Å²) < 4.78 is 1.88. The van der Waals surface area contributed by atoms with Gasteiger partial charge in [0.1, 0.15) is 11.3 Å². The number of amides is 1. The van der Waals surface area contributed by atoms with E-state index in [1.54, 1.807) is 12.1 Å². The number of nitrogens with one attached hydrogen (secondary N) is 1. The number of pyridine rings is 1. The summed E-state index contributed by atoms with van der Waals surface area (Å²) in [6, 6.07) is 15.2. The topological polar surface area (TPSA) is 70.2 Å². The second kappa shape index (κ2) is 6.95. The fourth-order valence-corrected chi connectivity index (χ4v) is 6.92. The molecule has 4 aliphatic carbocycles. The van der Waals surface area contributed by atoms with Gasteiger partial charge in [-0.3, -0.25) is 9.20 Å². The summed E-state index contributed by atoms with van der Waals surface area (Å²) in [6.45, 7) is 0.795. The molecule has 2 aromatic heterocycles. The molecule has 31 heavy (non-hydrogen) atoms. The van der Waals surface area contributed by atoms with Crippen LogP contribution >= 0.6 is 0 Å². The normalized spacial score (nSPS) is 28.5. The molecule has 0 saturated heterocycles. The summed E-state index contributed by atoms with van der Waals surface area (Å²) in [5, 5.41) is 12.3. The number of aromatic nitrogens is 2. The summed E-state index contributed by atoms with van der Waals surface area (Å²) in [4.78, 5) is 17.9. The molecule has 7 rings (SSSR count). The molecule has 0 unspecified atom stereocenters. The van der Waals surface area contributed by atoms with Gasteiger partial charge in [0.05, 0.1) is 17.3 Å². The number of nitriles is 1. The molecule has 5 nitrogen and oxygen atoms in total. The number of hydrogen-bond donors (Lipinski definition) is 1. The standard InChI is InChI=1S/C26H26N4O/c27-14-17-4-6-21(7-5-17)22-15-30-23(2-1-3-24(30)29-22)25(31)28-16-26-11-18-8-19(12-26)10-20(9-18)13-26/h1-7,15,18-20H,8-13,16H2,(H,28,31). The quantitative estimate of drug-likeness (QED) is 0.670. The highest BCUT2D eigenvalue weighted by molar-refractivity contribution is 5.93. The van der Waals surface area contributed by atoms with Gasteiger partial charge >= 0.3 is 0 Å². The van der Waals surface area contributed by atoms with E-state index in [-0.39, 0.29) is 5.91 Å². The van der Waals surface area contributed by atoms with E-state index in [2.05, 4.69) is 11.4 Å². The summed E-state index contributed by atoms with van der Waals surface area (Å²) in [5.41, 5.74) is 4.04. The summed E-state index contributed by atoms with van der Waals surface area (Å²) in [7, 11) is 0. The molecular weight excluding hydrogens is 384 g/mol. The van der Waals surface area contributed by atoms with Crippen LogP contribution in [0.15, 0.2) is 48.7 Å². The van der Waals surface area contributed by atoms with Crippen molar-refractivity contribution in [3.63, 3.8) is 0 Å². The van der Waals surface area contributed by atoms with Crippen molar-refractivity contribution in [2.45, 2.75) is 38.5 Å². The van der Waals surface area contributed by atoms with Gasteiger partial charge in [0, 0.05) is 18.3 Å². The predicted octanol–water partition coefficient (Wildman–Crippen LogP) is 4.82. The molecule has 1 N–H and O–H groups in total. The number of carbonyl (C=O) groups excluding carboxylic acids is 1. The van der Waals surface area contributed by atoms with Crippen LogP contribution < -0.4 is 5.32 Å². The molecule has 4 saturated carbocycles. The van der Waals surface area contributed by atoms with Crippen LogP contribution in [0.2, 0.25) is 0 Å². The average molecular weight is 411 g/mol. The van der Waals surface area contributed by atoms with Crippen LogP contribution in [0.3, 0.4) is 0 Å². The smallest absolute Gasteiger partial charge is 0.268 e. The van der Waals surface area contributed by atoms with Gasteiger partial charge < -0.3 is 5.32 Å². The van der Waals surface area contributed by atoms with Gasteiger partial charge in [0.15, 0.2) is 0 Å². The Bertz CT molecular complexity index is 1170. The molecule has 3 aromatic rings. The Hall–Kier alpha value is -3.13. The second-order valence-electron chi connectivity index (χ2n) is 10.1. The summed E-state index contributed by atoms with van der Waals surface area (Å²) in [5.74, 6) is 2.63. The molecule has 0 spiro atoms. The van der Waals surface area contributed by atoms with Crippen LogP contribution in [0.25, 0.3) is 16.9 Å². The minimum atomic E-state index is -0.0230. The fourth-order valence-electron chi connectivity index (χ4n) is 6.92. The van der Waals surface area contributed by atoms with E-state index < -0.39 is 0 Å². The molecule has 4 fully saturated rings. The number of benzene rings is 1. The number of carbonyl (C=O) groups is 1. The van der Waals surface area contributed by atoms with Crippen LogP contribution in [0.1, 0.15) is 54.6 Å². The van der Waals surface area contributed by atoms with Crippen LogP contribution in [-0.2, 0) is 0 Å². The first-order valence-electron chi connectivity index (χ1n) is 11.4. The van der Waals surface area contributed by atoms with Crippen molar-refractivity contribution in [1.82, 2.24) is 14.7 Å². The minimum absolute atomic E-state index is 0.0230. The number of imidazole rings is 1. The van der Waals surface area contributed by atoms with Crippen molar-refractivity contribution >= 4 is 11.6 Å². The third-order valence-corrected chi connectivity index (χ3v) is 7.82. The monoisotopic (exact) mass is 410 g/mol. The van der Waals surface area contributed by atoms with E-state index in [4.69, 9.17) is 10.2 Å². The SMILES string of the molecule is N#Cc1ccc(-c2cn3c(C(=O)NCC45CC6CC(CC(C6)C4)C5)cccc3n2)cc1. The Morgan fingerprint density at radius 1 is 1.06 bits per heavy atom. The lowest BCUT2D eigenvalue weighted by molar-refractivity contribution is -0.0503. The molecule has 5 heteroatoms. The van der Waals surface area contributed by atoms with Crippen molar-refractivity contribution in [1.29, 1.82) is 5.26 Å².